The molecule has 2 heterocycles. The zero-order chi connectivity index (χ0) is 34.3. The summed E-state index contributed by atoms with van der Waals surface area (Å²) in [4.78, 5) is 32.1. The van der Waals surface area contributed by atoms with Crippen molar-refractivity contribution in [1.29, 1.82) is 5.26 Å². The molecule has 0 spiro atoms. The van der Waals surface area contributed by atoms with Gasteiger partial charge in [-0.05, 0) is 55.2 Å². The number of hydrogen-bond donors (Lipinski definition) is 1. The maximum Gasteiger partial charge on any atom is 0.310 e. The molecule has 1 saturated heterocycles. The minimum atomic E-state index is -10.2. The number of hydrogen-bond acceptors (Lipinski definition) is 5. The summed E-state index contributed by atoms with van der Waals surface area (Å²) in [5.41, 5.74) is -0.0558. The Morgan fingerprint density at radius 1 is 0.979 bits per heavy atom. The first-order valence-electron chi connectivity index (χ1n) is 14.5. The number of nitrogens with zero attached hydrogens (tertiary/aromatic N) is 4. The molecule has 1 aromatic heterocycles. The normalized spacial score (nSPS) is 22.0. The maximum absolute atomic E-state index is 14.7. The molecule has 1 saturated carbocycles. The summed E-state index contributed by atoms with van der Waals surface area (Å²) in [6.07, 6.45) is 2.70. The topological polar surface area (TPSA) is 89.3 Å². The van der Waals surface area contributed by atoms with Gasteiger partial charge in [0.25, 0.3) is 5.91 Å². The number of carbonyl (C=O) groups excluding carboxylic acids is 2. The quantitative estimate of drug-likeness (QED) is 0.192. The van der Waals surface area contributed by atoms with Crippen LogP contribution in [0.25, 0.3) is 0 Å². The Kier molecular flexibility index (Phi) is 8.45. The molecule has 0 radical (unpaired) electrons. The molecule has 0 bridgehead atoms. The molecule has 3 unspecified atom stereocenters. The van der Waals surface area contributed by atoms with Gasteiger partial charge in [0.2, 0.25) is 11.8 Å². The first-order valence-corrected chi connectivity index (χ1v) is 16.5. The average Bonchev–Trinajstić information content (AvgIpc) is 3.44. The van der Waals surface area contributed by atoms with Gasteiger partial charge in [-0.3, -0.25) is 24.4 Å². The van der Waals surface area contributed by atoms with Gasteiger partial charge in [0.15, 0.2) is 6.19 Å². The summed E-state index contributed by atoms with van der Waals surface area (Å²) in [6, 6.07) is 6.74. The molecule has 3 atom stereocenters. The van der Waals surface area contributed by atoms with Crippen LogP contribution in [0.4, 0.5) is 38.3 Å². The molecule has 1 aliphatic carbocycles. The lowest BCUT2D eigenvalue weighted by molar-refractivity contribution is -0.129. The smallest absolute Gasteiger partial charge is 0.310 e. The summed E-state index contributed by atoms with van der Waals surface area (Å²) in [5.74, 6) is -6.52. The fourth-order valence-corrected chi connectivity index (χ4v) is 6.78. The Labute approximate surface area is 264 Å². The Morgan fingerprint density at radius 2 is 1.62 bits per heavy atom. The number of halogens is 8. The number of carbonyl (C=O) groups is 2. The second-order valence-electron chi connectivity index (χ2n) is 11.7. The van der Waals surface area contributed by atoms with E-state index in [0.717, 1.165) is 28.3 Å². The summed E-state index contributed by atoms with van der Waals surface area (Å²) >= 11 is 0. The van der Waals surface area contributed by atoms with E-state index in [9.17, 15) is 47.5 Å². The first kappa shape index (κ1) is 34.0. The van der Waals surface area contributed by atoms with Crippen LogP contribution >= 0.6 is 10.2 Å². The second kappa shape index (κ2) is 11.7. The lowest BCUT2D eigenvalue weighted by Crippen LogP contribution is -2.53. The molecule has 3 aromatic rings. The van der Waals surface area contributed by atoms with Crippen molar-refractivity contribution in [3.8, 4) is 6.19 Å². The number of rotatable bonds is 8. The van der Waals surface area contributed by atoms with Gasteiger partial charge in [-0.25, -0.2) is 13.2 Å². The van der Waals surface area contributed by atoms with Gasteiger partial charge < -0.3 is 5.32 Å². The van der Waals surface area contributed by atoms with E-state index in [-0.39, 0.29) is 37.1 Å². The Hall–Kier alpha value is -4.39. The first-order chi connectivity index (χ1) is 21.9. The van der Waals surface area contributed by atoms with Crippen LogP contribution in [0, 0.1) is 17.3 Å². The van der Waals surface area contributed by atoms with E-state index in [2.05, 4.69) is 10.3 Å². The van der Waals surface area contributed by atoms with E-state index >= 15 is 0 Å². The third-order valence-electron chi connectivity index (χ3n) is 8.42. The van der Waals surface area contributed by atoms with Crippen LogP contribution in [0.5, 0.6) is 0 Å². The number of nitrogens with one attached hydrogen (secondary N) is 1. The average molecular weight is 688 g/mol. The number of aromatic nitrogens is 1. The third kappa shape index (κ3) is 7.61. The predicted octanol–water partition coefficient (Wildman–Crippen LogP) is 7.99. The standard InChI is InChI=1S/C31H29F8N5O2S/c32-22-16-21(17-41-18-22)27(29(45)42-23-10-13-31(33,34)14-11-23)44(24-6-8-25(9-7-24)47(35,36,37,38)39)30(46)28-26(12-15-43(28)19-40)20-4-2-1-3-5-20/h1-9,16-18,23,26-28H,10-15H2,(H,42,45). The molecule has 2 aliphatic rings. The number of anilines is 1. The fourth-order valence-electron chi connectivity index (χ4n) is 6.13. The largest absolute Gasteiger partial charge is 0.351 e. The number of nitriles is 1. The summed E-state index contributed by atoms with van der Waals surface area (Å²) in [5, 5.41) is 12.5. The van der Waals surface area contributed by atoms with E-state index < -0.39 is 81.2 Å². The number of likely N-dealkylation sites (tertiary alicyclic amines) is 1. The molecule has 2 fully saturated rings. The van der Waals surface area contributed by atoms with E-state index in [1.165, 1.54) is 0 Å². The molecule has 1 aliphatic heterocycles. The van der Waals surface area contributed by atoms with Crippen LogP contribution in [-0.2, 0) is 9.59 Å². The monoisotopic (exact) mass is 687 g/mol. The highest BCUT2D eigenvalue weighted by Gasteiger charge is 2.65. The lowest BCUT2D eigenvalue weighted by Gasteiger charge is -2.41. The van der Waals surface area contributed by atoms with Crippen LogP contribution in [0.1, 0.15) is 55.2 Å². The lowest BCUT2D eigenvalue weighted by atomic mass is 9.89. The van der Waals surface area contributed by atoms with Crippen molar-refractivity contribution < 1.29 is 42.2 Å². The summed E-state index contributed by atoms with van der Waals surface area (Å²) in [7, 11) is -10.2. The molecular formula is C31H29F8N5O2S. The van der Waals surface area contributed by atoms with Gasteiger partial charge >= 0.3 is 10.2 Å². The van der Waals surface area contributed by atoms with E-state index in [4.69, 9.17) is 0 Å². The Bertz CT molecular complexity index is 1680. The maximum atomic E-state index is 14.7. The molecular weight excluding hydrogens is 658 g/mol. The van der Waals surface area contributed by atoms with E-state index in [1.54, 1.807) is 30.3 Å². The van der Waals surface area contributed by atoms with Gasteiger partial charge in [0.05, 0.1) is 6.20 Å². The van der Waals surface area contributed by atoms with Crippen molar-refractivity contribution in [1.82, 2.24) is 15.2 Å². The van der Waals surface area contributed by atoms with Gasteiger partial charge in [-0.2, -0.15) is 5.26 Å². The molecule has 2 amide bonds. The van der Waals surface area contributed by atoms with Crippen LogP contribution in [0.2, 0.25) is 0 Å². The van der Waals surface area contributed by atoms with Crippen LogP contribution in [0.3, 0.4) is 0 Å². The summed E-state index contributed by atoms with van der Waals surface area (Å²) < 4.78 is 110. The zero-order valence-corrected chi connectivity index (χ0v) is 25.3. The molecule has 7 nitrogen and oxygen atoms in total. The van der Waals surface area contributed by atoms with Crippen molar-refractivity contribution in [3.05, 3.63) is 90.0 Å². The minimum Gasteiger partial charge on any atom is -0.351 e. The predicted molar refractivity (Wildman–Crippen MR) is 158 cm³/mol. The third-order valence-corrected chi connectivity index (χ3v) is 9.58. The second-order valence-corrected chi connectivity index (χ2v) is 14.1. The molecule has 5 rings (SSSR count). The van der Waals surface area contributed by atoms with Gasteiger partial charge in [0, 0.05) is 48.8 Å². The zero-order valence-electron chi connectivity index (χ0n) is 24.5. The highest BCUT2D eigenvalue weighted by atomic mass is 32.5. The number of pyridine rings is 1. The van der Waals surface area contributed by atoms with Gasteiger partial charge in [0.1, 0.15) is 22.8 Å². The minimum absolute atomic E-state index is 0.0740. The number of benzene rings is 2. The number of amides is 2. The Balaban J connectivity index is 1.65. The number of alkyl halides is 2. The molecule has 16 heteroatoms. The van der Waals surface area contributed by atoms with Gasteiger partial charge in [-0.1, -0.05) is 49.8 Å². The van der Waals surface area contributed by atoms with Crippen LogP contribution < -0.4 is 10.2 Å². The molecule has 1 N–H and O–H groups in total. The molecule has 252 valence electrons. The van der Waals surface area contributed by atoms with Crippen molar-refractivity contribution >= 4 is 27.7 Å². The van der Waals surface area contributed by atoms with Crippen molar-refractivity contribution in [3.63, 3.8) is 0 Å². The highest BCUT2D eigenvalue weighted by molar-refractivity contribution is 8.45. The molecule has 2 aromatic carbocycles. The van der Waals surface area contributed by atoms with Crippen molar-refractivity contribution in [2.75, 3.05) is 11.4 Å². The SMILES string of the molecule is N#CN1CCC(c2ccccc2)C1C(=O)N(c1ccc(S(F)(F)(F)(F)F)cc1)C(C(=O)NC1CCC(F)(F)CC1)c1cncc(F)c1. The summed E-state index contributed by atoms with van der Waals surface area (Å²) in [6.45, 7) is 0.0954. The van der Waals surface area contributed by atoms with Crippen molar-refractivity contribution in [2.24, 2.45) is 0 Å². The van der Waals surface area contributed by atoms with E-state index in [0.29, 0.717) is 24.1 Å². The van der Waals surface area contributed by atoms with Crippen LogP contribution in [-0.4, -0.2) is 46.2 Å². The molecule has 47 heavy (non-hydrogen) atoms. The van der Waals surface area contributed by atoms with Gasteiger partial charge in [-0.15, -0.1) is 0 Å². The fraction of sp³-hybridized carbons (Fsp3) is 0.355. The van der Waals surface area contributed by atoms with Crippen molar-refractivity contribution in [2.45, 2.75) is 67.0 Å². The van der Waals surface area contributed by atoms with Crippen LogP contribution in [0.15, 0.2) is 78.0 Å². The van der Waals surface area contributed by atoms with E-state index in [1.807, 2.05) is 6.19 Å². The highest BCUT2D eigenvalue weighted by Crippen LogP contribution is 3.02. The Morgan fingerprint density at radius 3 is 2.19 bits per heavy atom.